The summed E-state index contributed by atoms with van der Waals surface area (Å²) in [5, 5.41) is 2.87. The molecule has 2 aliphatic heterocycles. The predicted octanol–water partition coefficient (Wildman–Crippen LogP) is 5.21. The Labute approximate surface area is 295 Å². The van der Waals surface area contributed by atoms with Crippen LogP contribution in [-0.4, -0.2) is 66.3 Å². The summed E-state index contributed by atoms with van der Waals surface area (Å²) in [6.45, 7) is 1.66. The molecule has 4 atom stereocenters. The number of hydrogen-bond acceptors (Lipinski definition) is 12. The van der Waals surface area contributed by atoms with Crippen molar-refractivity contribution in [2.75, 3.05) is 41.7 Å². The van der Waals surface area contributed by atoms with Gasteiger partial charge in [-0.2, -0.15) is 4.89 Å². The second-order valence-electron chi connectivity index (χ2n) is 11.7. The molecule has 0 saturated carbocycles. The van der Waals surface area contributed by atoms with Crippen molar-refractivity contribution >= 4 is 18.3 Å². The van der Waals surface area contributed by atoms with Crippen LogP contribution in [0.2, 0.25) is 0 Å². The van der Waals surface area contributed by atoms with Crippen molar-refractivity contribution in [2.45, 2.75) is 31.8 Å². The number of benzene rings is 3. The largest absolute Gasteiger partial charge is 0.497 e. The van der Waals surface area contributed by atoms with Gasteiger partial charge in [0.15, 0.2) is 22.8 Å². The maximum absolute atomic E-state index is 15.2. The lowest BCUT2D eigenvalue weighted by Gasteiger charge is -2.50. The van der Waals surface area contributed by atoms with Crippen molar-refractivity contribution in [3.8, 4) is 23.0 Å². The number of esters is 1. The normalized spacial score (nSPS) is 17.8. The number of rotatable bonds is 16. The van der Waals surface area contributed by atoms with Gasteiger partial charge in [-0.15, -0.1) is 0 Å². The lowest BCUT2D eigenvalue weighted by atomic mass is 9.56. The number of amides is 1. The van der Waals surface area contributed by atoms with E-state index in [-0.39, 0.29) is 37.6 Å². The molecule has 3 aromatic rings. The summed E-state index contributed by atoms with van der Waals surface area (Å²) in [5.74, 6) is -0.496. The van der Waals surface area contributed by atoms with Crippen LogP contribution in [0.25, 0.3) is 0 Å². The van der Waals surface area contributed by atoms with Gasteiger partial charge in [0.05, 0.1) is 40.5 Å². The van der Waals surface area contributed by atoms with Crippen LogP contribution >= 0.6 is 0 Å². The third kappa shape index (κ3) is 7.35. The number of carbonyl (C=O) groups excluding carboxylic acids is 3. The fourth-order valence-electron chi connectivity index (χ4n) is 6.50. The van der Waals surface area contributed by atoms with Gasteiger partial charge < -0.3 is 48.2 Å². The molecule has 0 fully saturated rings. The average Bonchev–Trinajstić information content (AvgIpc) is 3.90. The zero-order chi connectivity index (χ0) is 36.4. The third-order valence-electron chi connectivity index (χ3n) is 8.99. The zero-order valence-electron chi connectivity index (χ0n) is 29.0. The highest BCUT2D eigenvalue weighted by Crippen LogP contribution is 2.56. The van der Waals surface area contributed by atoms with E-state index in [1.165, 1.54) is 28.4 Å². The Kier molecular flexibility index (Phi) is 11.9. The van der Waals surface area contributed by atoms with Gasteiger partial charge in [-0.25, -0.2) is 9.59 Å². The van der Waals surface area contributed by atoms with Crippen LogP contribution < -0.4 is 24.3 Å². The molecule has 0 saturated heterocycles. The molecule has 4 unspecified atom stereocenters. The molecule has 13 heteroatoms. The summed E-state index contributed by atoms with van der Waals surface area (Å²) in [6.07, 6.45) is 3.33. The van der Waals surface area contributed by atoms with Crippen LogP contribution in [0.15, 0.2) is 90.7 Å². The average molecular weight is 704 g/mol. The van der Waals surface area contributed by atoms with Crippen LogP contribution in [0, 0.1) is 11.3 Å². The summed E-state index contributed by atoms with van der Waals surface area (Å²) >= 11 is 0. The van der Waals surface area contributed by atoms with E-state index < -0.39 is 35.2 Å². The van der Waals surface area contributed by atoms with Crippen molar-refractivity contribution in [3.63, 3.8) is 0 Å². The van der Waals surface area contributed by atoms with E-state index in [1.807, 2.05) is 18.2 Å². The molecule has 5 rings (SSSR count). The Morgan fingerprint density at radius 1 is 0.922 bits per heavy atom. The number of nitrogens with one attached hydrogen (secondary N) is 1. The highest BCUT2D eigenvalue weighted by molar-refractivity contribution is 5.90. The fourth-order valence-corrected chi connectivity index (χ4v) is 6.50. The maximum atomic E-state index is 15.2. The molecular weight excluding hydrogens is 662 g/mol. The van der Waals surface area contributed by atoms with Crippen LogP contribution in [0.1, 0.15) is 23.6 Å². The molecule has 0 aliphatic carbocycles. The van der Waals surface area contributed by atoms with Gasteiger partial charge in [0.2, 0.25) is 12.0 Å². The minimum atomic E-state index is -2.26. The van der Waals surface area contributed by atoms with Crippen LogP contribution in [0.3, 0.4) is 0 Å². The molecule has 0 radical (unpaired) electrons. The topological polar surface area (TPSA) is 146 Å². The van der Waals surface area contributed by atoms with E-state index in [2.05, 4.69) is 5.32 Å². The number of hydrogen-bond donors (Lipinski definition) is 1. The second kappa shape index (κ2) is 16.5. The molecule has 1 N–H and O–H groups in total. The second-order valence-corrected chi connectivity index (χ2v) is 11.7. The minimum Gasteiger partial charge on any atom is -0.497 e. The van der Waals surface area contributed by atoms with E-state index in [9.17, 15) is 9.59 Å². The van der Waals surface area contributed by atoms with Gasteiger partial charge in [-0.05, 0) is 59.5 Å². The summed E-state index contributed by atoms with van der Waals surface area (Å²) in [6, 6.07) is 18.9. The van der Waals surface area contributed by atoms with Gasteiger partial charge in [-0.1, -0.05) is 55.5 Å². The van der Waals surface area contributed by atoms with Crippen molar-refractivity contribution in [1.82, 2.24) is 5.32 Å². The first-order chi connectivity index (χ1) is 24.8. The molecular formula is C38H41NO12. The van der Waals surface area contributed by atoms with Crippen LogP contribution in [-0.2, 0) is 52.1 Å². The molecule has 2 heterocycles. The first-order valence-electron chi connectivity index (χ1n) is 16.1. The van der Waals surface area contributed by atoms with Gasteiger partial charge in [0.25, 0.3) is 0 Å². The van der Waals surface area contributed by atoms with Gasteiger partial charge in [0.1, 0.15) is 25.2 Å². The Morgan fingerprint density at radius 3 is 2.18 bits per heavy atom. The molecule has 0 bridgehead atoms. The van der Waals surface area contributed by atoms with Crippen molar-refractivity contribution in [3.05, 3.63) is 107 Å². The first kappa shape index (κ1) is 36.7. The van der Waals surface area contributed by atoms with E-state index in [1.54, 1.807) is 73.7 Å². The lowest BCUT2D eigenvalue weighted by molar-refractivity contribution is -0.254. The van der Waals surface area contributed by atoms with Crippen molar-refractivity contribution < 1.29 is 57.3 Å². The first-order valence-corrected chi connectivity index (χ1v) is 16.1. The smallest absolute Gasteiger partial charge is 0.410 e. The van der Waals surface area contributed by atoms with E-state index in [0.29, 0.717) is 40.4 Å². The molecule has 1 amide bonds. The standard InChI is InChI=1S/C38H41NO12/c1-25(23-40)37(32-17-19-49-51-32,22-27-20-30(44-3)34(46-5)31(21-27)45-4)38(28-13-15-29(43-2)16-14-28,39-36(42)50-33-12-9-18-47-33)35(41)48-24-26-10-7-6-8-11-26/h6-17,20-21,23,25,33H,18-19,22,24H2,1-5H3,(H,39,42). The van der Waals surface area contributed by atoms with Crippen molar-refractivity contribution in [2.24, 2.45) is 11.3 Å². The highest BCUT2D eigenvalue weighted by Gasteiger charge is 2.66. The minimum absolute atomic E-state index is 0.0131. The predicted molar refractivity (Wildman–Crippen MR) is 182 cm³/mol. The summed E-state index contributed by atoms with van der Waals surface area (Å²) in [7, 11) is 5.92. The summed E-state index contributed by atoms with van der Waals surface area (Å²) < 4.78 is 39.5. The molecule has 13 nitrogen and oxygen atoms in total. The monoisotopic (exact) mass is 703 g/mol. The highest BCUT2D eigenvalue weighted by atomic mass is 17.2. The molecule has 3 aromatic carbocycles. The van der Waals surface area contributed by atoms with Gasteiger partial charge in [-0.3, -0.25) is 0 Å². The molecule has 2 aliphatic rings. The molecule has 0 aromatic heterocycles. The van der Waals surface area contributed by atoms with E-state index in [0.717, 1.165) is 0 Å². The summed E-state index contributed by atoms with van der Waals surface area (Å²) in [5.41, 5.74) is -2.66. The zero-order valence-corrected chi connectivity index (χ0v) is 29.0. The van der Waals surface area contributed by atoms with E-state index >= 15 is 4.79 Å². The van der Waals surface area contributed by atoms with Crippen LogP contribution in [0.4, 0.5) is 4.79 Å². The van der Waals surface area contributed by atoms with Gasteiger partial charge in [0, 0.05) is 5.92 Å². The third-order valence-corrected chi connectivity index (χ3v) is 8.99. The number of aldehydes is 1. The number of methoxy groups -OCH3 is 4. The summed E-state index contributed by atoms with van der Waals surface area (Å²) in [4.78, 5) is 53.8. The Bertz CT molecular complexity index is 1720. The van der Waals surface area contributed by atoms with Crippen molar-refractivity contribution in [1.29, 1.82) is 0 Å². The van der Waals surface area contributed by atoms with Crippen LogP contribution in [0.5, 0.6) is 23.0 Å². The number of carbonyl (C=O) groups is 3. The maximum Gasteiger partial charge on any atom is 0.410 e. The molecule has 0 spiro atoms. The quantitative estimate of drug-likeness (QED) is 0.0905. The number of ether oxygens (including phenoxy) is 7. The SMILES string of the molecule is COc1ccc(C(NC(=O)OC2C=CCO2)(C(=O)OCc2ccccc2)C(Cc2cc(OC)c(OC)c(OC)c2)(C2=CCOO2)C(C)C=O)cc1. The number of alkyl carbamates (subject to hydrolysis) is 1. The Balaban J connectivity index is 1.82. The fraction of sp³-hybridized carbons (Fsp3) is 0.342. The lowest BCUT2D eigenvalue weighted by Crippen LogP contribution is -2.67. The van der Waals surface area contributed by atoms with Gasteiger partial charge >= 0.3 is 12.1 Å². The molecule has 270 valence electrons. The Hall–Kier alpha value is -5.53. The van der Waals surface area contributed by atoms with E-state index in [4.69, 9.17) is 42.9 Å². The molecule has 51 heavy (non-hydrogen) atoms. The Morgan fingerprint density at radius 2 is 1.63 bits per heavy atom.